The Morgan fingerprint density at radius 2 is 1.71 bits per heavy atom. The number of aliphatic carboxylic acids is 1. The number of fused-ring (bicyclic) bond motifs is 3. The normalized spacial score (nSPS) is 20.4. The number of alkyl carbamates (subject to hydrolysis) is 1. The molecule has 8 heteroatoms. The van der Waals surface area contributed by atoms with Crippen molar-refractivity contribution in [3.05, 3.63) is 59.7 Å². The Kier molecular flexibility index (Phi) is 7.70. The van der Waals surface area contributed by atoms with Crippen LogP contribution in [0.4, 0.5) is 4.79 Å². The molecule has 186 valence electrons. The minimum absolute atomic E-state index is 0.0701. The molecule has 35 heavy (non-hydrogen) atoms. The first kappa shape index (κ1) is 24.7. The number of ether oxygens (including phenoxy) is 2. The van der Waals surface area contributed by atoms with E-state index in [4.69, 9.17) is 9.47 Å². The highest BCUT2D eigenvalue weighted by molar-refractivity contribution is 5.86. The third-order valence-corrected chi connectivity index (χ3v) is 7.11. The molecule has 8 nitrogen and oxygen atoms in total. The summed E-state index contributed by atoms with van der Waals surface area (Å²) in [5.74, 6) is -1.89. The van der Waals surface area contributed by atoms with E-state index in [1.807, 2.05) is 50.2 Å². The van der Waals surface area contributed by atoms with Crippen LogP contribution < -0.4 is 10.6 Å². The minimum atomic E-state index is -1.03. The zero-order valence-electron chi connectivity index (χ0n) is 20.0. The highest BCUT2D eigenvalue weighted by Crippen LogP contribution is 2.44. The summed E-state index contributed by atoms with van der Waals surface area (Å²) in [6, 6.07) is 15.4. The van der Waals surface area contributed by atoms with Gasteiger partial charge in [0, 0.05) is 25.0 Å². The Morgan fingerprint density at radius 3 is 2.31 bits per heavy atom. The summed E-state index contributed by atoms with van der Waals surface area (Å²) in [7, 11) is 0. The molecule has 2 amide bonds. The van der Waals surface area contributed by atoms with E-state index in [2.05, 4.69) is 22.8 Å². The second kappa shape index (κ2) is 10.9. The van der Waals surface area contributed by atoms with Crippen molar-refractivity contribution in [3.63, 3.8) is 0 Å². The molecule has 0 aromatic heterocycles. The standard InChI is InChI=1S/C27H32N2O6/c1-3-16(2)23(25(30)28-14-17-12-13-34-24(17)26(31)32)29-27(33)35-15-22-20-10-6-4-8-18(20)19-9-5-7-11-21(19)22/h4-11,16-17,22-24H,3,12-15H2,1-2H3,(H,28,30)(H,29,33)(H,31,32)/t16?,17-,23?,24-/m1/s1. The molecule has 0 saturated carbocycles. The fourth-order valence-corrected chi connectivity index (χ4v) is 4.93. The van der Waals surface area contributed by atoms with E-state index >= 15 is 0 Å². The van der Waals surface area contributed by atoms with Gasteiger partial charge in [-0.3, -0.25) is 4.79 Å². The van der Waals surface area contributed by atoms with Gasteiger partial charge in [0.15, 0.2) is 6.10 Å². The van der Waals surface area contributed by atoms with Crippen LogP contribution in [0, 0.1) is 11.8 Å². The summed E-state index contributed by atoms with van der Waals surface area (Å²) in [4.78, 5) is 37.0. The third-order valence-electron chi connectivity index (χ3n) is 7.11. The Morgan fingerprint density at radius 1 is 1.09 bits per heavy atom. The zero-order valence-corrected chi connectivity index (χ0v) is 20.0. The molecule has 2 aromatic rings. The molecule has 4 atom stereocenters. The monoisotopic (exact) mass is 480 g/mol. The molecule has 1 heterocycles. The van der Waals surface area contributed by atoms with Crippen LogP contribution in [0.2, 0.25) is 0 Å². The summed E-state index contributed by atoms with van der Waals surface area (Å²) in [5.41, 5.74) is 4.52. The molecule has 4 rings (SSSR count). The van der Waals surface area contributed by atoms with Gasteiger partial charge in [0.05, 0.1) is 0 Å². The van der Waals surface area contributed by atoms with E-state index in [0.29, 0.717) is 19.4 Å². The molecular formula is C27H32N2O6. The molecular weight excluding hydrogens is 448 g/mol. The van der Waals surface area contributed by atoms with Gasteiger partial charge in [-0.25, -0.2) is 9.59 Å². The topological polar surface area (TPSA) is 114 Å². The number of amides is 2. The predicted octanol–water partition coefficient (Wildman–Crippen LogP) is 3.55. The van der Waals surface area contributed by atoms with Crippen molar-refractivity contribution in [1.29, 1.82) is 0 Å². The van der Waals surface area contributed by atoms with Crippen LogP contribution >= 0.6 is 0 Å². The van der Waals surface area contributed by atoms with Crippen LogP contribution in [0.3, 0.4) is 0 Å². The number of carbonyl (C=O) groups is 3. The summed E-state index contributed by atoms with van der Waals surface area (Å²) in [6.45, 7) is 4.51. The number of hydrogen-bond donors (Lipinski definition) is 3. The summed E-state index contributed by atoms with van der Waals surface area (Å²) in [5, 5.41) is 14.8. The van der Waals surface area contributed by atoms with Crippen molar-refractivity contribution in [1.82, 2.24) is 10.6 Å². The molecule has 0 bridgehead atoms. The van der Waals surface area contributed by atoms with Crippen molar-refractivity contribution in [2.75, 3.05) is 19.8 Å². The van der Waals surface area contributed by atoms with E-state index in [9.17, 15) is 19.5 Å². The number of carboxylic acids is 1. The number of carboxylic acid groups (broad SMARTS) is 1. The highest BCUT2D eigenvalue weighted by atomic mass is 16.5. The Hall–Kier alpha value is -3.39. The quantitative estimate of drug-likeness (QED) is 0.506. The van der Waals surface area contributed by atoms with E-state index in [1.54, 1.807) is 0 Å². The van der Waals surface area contributed by atoms with Crippen molar-refractivity contribution < 1.29 is 29.0 Å². The number of rotatable bonds is 9. The molecule has 1 aliphatic carbocycles. The number of hydrogen-bond acceptors (Lipinski definition) is 5. The summed E-state index contributed by atoms with van der Waals surface area (Å²) >= 11 is 0. The first-order chi connectivity index (χ1) is 16.9. The van der Waals surface area contributed by atoms with Crippen molar-refractivity contribution >= 4 is 18.0 Å². The van der Waals surface area contributed by atoms with Gasteiger partial charge in [0.25, 0.3) is 0 Å². The van der Waals surface area contributed by atoms with E-state index in [-0.39, 0.29) is 36.8 Å². The van der Waals surface area contributed by atoms with Crippen LogP contribution in [0.15, 0.2) is 48.5 Å². The average molecular weight is 481 g/mol. The molecule has 1 saturated heterocycles. The Bertz CT molecular complexity index is 1040. The lowest BCUT2D eigenvalue weighted by Crippen LogP contribution is -2.51. The molecule has 0 radical (unpaired) electrons. The van der Waals surface area contributed by atoms with Gasteiger partial charge in [0.1, 0.15) is 12.6 Å². The maximum Gasteiger partial charge on any atom is 0.407 e. The lowest BCUT2D eigenvalue weighted by atomic mass is 9.97. The molecule has 3 N–H and O–H groups in total. The van der Waals surface area contributed by atoms with Crippen LogP contribution in [-0.2, 0) is 19.1 Å². The SMILES string of the molecule is CCC(C)C(NC(=O)OCC1c2ccccc2-c2ccccc21)C(=O)NC[C@H]1CCO[C@H]1C(=O)O. The first-order valence-corrected chi connectivity index (χ1v) is 12.1. The van der Waals surface area contributed by atoms with Crippen molar-refractivity contribution in [3.8, 4) is 11.1 Å². The summed E-state index contributed by atoms with van der Waals surface area (Å²) < 4.78 is 10.9. The van der Waals surface area contributed by atoms with Gasteiger partial charge >= 0.3 is 12.1 Å². The summed E-state index contributed by atoms with van der Waals surface area (Å²) in [6.07, 6.45) is -0.343. The van der Waals surface area contributed by atoms with Crippen molar-refractivity contribution in [2.24, 2.45) is 11.8 Å². The fraction of sp³-hybridized carbons (Fsp3) is 0.444. The van der Waals surface area contributed by atoms with Gasteiger partial charge in [-0.1, -0.05) is 68.8 Å². The smallest absolute Gasteiger partial charge is 0.407 e. The largest absolute Gasteiger partial charge is 0.479 e. The molecule has 2 unspecified atom stereocenters. The van der Waals surface area contributed by atoms with Crippen LogP contribution in [0.5, 0.6) is 0 Å². The second-order valence-corrected chi connectivity index (χ2v) is 9.26. The molecule has 0 spiro atoms. The minimum Gasteiger partial charge on any atom is -0.479 e. The number of benzene rings is 2. The van der Waals surface area contributed by atoms with Crippen LogP contribution in [0.1, 0.15) is 43.7 Å². The lowest BCUT2D eigenvalue weighted by Gasteiger charge is -2.25. The number of carbonyl (C=O) groups excluding carboxylic acids is 2. The van der Waals surface area contributed by atoms with Gasteiger partial charge in [-0.15, -0.1) is 0 Å². The van der Waals surface area contributed by atoms with E-state index in [1.165, 1.54) is 0 Å². The highest BCUT2D eigenvalue weighted by Gasteiger charge is 2.35. The Labute approximate surface area is 205 Å². The lowest BCUT2D eigenvalue weighted by molar-refractivity contribution is -0.149. The molecule has 1 fully saturated rings. The van der Waals surface area contributed by atoms with Crippen LogP contribution in [0.25, 0.3) is 11.1 Å². The molecule has 1 aliphatic heterocycles. The maximum atomic E-state index is 12.9. The van der Waals surface area contributed by atoms with Gasteiger partial charge in [0.2, 0.25) is 5.91 Å². The average Bonchev–Trinajstić information content (AvgIpc) is 3.47. The molecule has 2 aromatic carbocycles. The first-order valence-electron chi connectivity index (χ1n) is 12.1. The van der Waals surface area contributed by atoms with Crippen molar-refractivity contribution in [2.45, 2.75) is 44.8 Å². The van der Waals surface area contributed by atoms with E-state index < -0.39 is 24.2 Å². The van der Waals surface area contributed by atoms with Gasteiger partial charge in [-0.05, 0) is 34.6 Å². The van der Waals surface area contributed by atoms with E-state index in [0.717, 1.165) is 22.3 Å². The number of nitrogens with one attached hydrogen (secondary N) is 2. The van der Waals surface area contributed by atoms with Gasteiger partial charge in [-0.2, -0.15) is 0 Å². The van der Waals surface area contributed by atoms with Gasteiger partial charge < -0.3 is 25.2 Å². The fourth-order valence-electron chi connectivity index (χ4n) is 4.93. The maximum absolute atomic E-state index is 12.9. The van der Waals surface area contributed by atoms with Crippen LogP contribution in [-0.4, -0.2) is 55.0 Å². The Balaban J connectivity index is 1.37. The zero-order chi connectivity index (χ0) is 24.9. The second-order valence-electron chi connectivity index (χ2n) is 9.26. The predicted molar refractivity (Wildman–Crippen MR) is 130 cm³/mol. The molecule has 2 aliphatic rings. The third kappa shape index (κ3) is 5.32.